The highest BCUT2D eigenvalue weighted by atomic mass is 35.5. The van der Waals surface area contributed by atoms with E-state index in [1.807, 2.05) is 10.8 Å². The molecule has 96 valence electrons. The minimum absolute atomic E-state index is 0.597. The fourth-order valence-corrected chi connectivity index (χ4v) is 2.23. The lowest BCUT2D eigenvalue weighted by atomic mass is 10.2. The second-order valence-corrected chi connectivity index (χ2v) is 4.61. The van der Waals surface area contributed by atoms with E-state index in [1.54, 1.807) is 12.5 Å². The third kappa shape index (κ3) is 3.18. The number of anilines is 1. The van der Waals surface area contributed by atoms with Gasteiger partial charge < -0.3 is 9.47 Å². The van der Waals surface area contributed by atoms with Crippen LogP contribution in [0.5, 0.6) is 0 Å². The molecule has 1 aromatic carbocycles. The van der Waals surface area contributed by atoms with E-state index in [2.05, 4.69) is 34.1 Å². The number of hydrogen-bond acceptors (Lipinski definition) is 2. The van der Waals surface area contributed by atoms with Crippen molar-refractivity contribution >= 4 is 28.9 Å². The number of alkyl halides is 2. The van der Waals surface area contributed by atoms with Crippen molar-refractivity contribution in [2.24, 2.45) is 0 Å². The average molecular weight is 284 g/mol. The van der Waals surface area contributed by atoms with E-state index >= 15 is 0 Å². The topological polar surface area (TPSA) is 21.1 Å². The van der Waals surface area contributed by atoms with Crippen LogP contribution in [-0.2, 0) is 0 Å². The molecule has 0 aliphatic carbocycles. The van der Waals surface area contributed by atoms with Gasteiger partial charge in [-0.25, -0.2) is 4.98 Å². The number of nitrogens with zero attached hydrogens (tertiary/aromatic N) is 3. The van der Waals surface area contributed by atoms with E-state index in [0.29, 0.717) is 11.8 Å². The van der Waals surface area contributed by atoms with Gasteiger partial charge in [-0.3, -0.25) is 0 Å². The highest BCUT2D eigenvalue weighted by Crippen LogP contribution is 2.17. The summed E-state index contributed by atoms with van der Waals surface area (Å²) < 4.78 is 1.97. The second kappa shape index (κ2) is 6.66. The maximum atomic E-state index is 5.80. The summed E-state index contributed by atoms with van der Waals surface area (Å²) in [6, 6.07) is 8.28. The van der Waals surface area contributed by atoms with Crippen LogP contribution in [0.3, 0.4) is 0 Å². The summed E-state index contributed by atoms with van der Waals surface area (Å²) in [7, 11) is 0. The maximum absolute atomic E-state index is 5.80. The van der Waals surface area contributed by atoms with Crippen LogP contribution in [0.25, 0.3) is 5.69 Å². The lowest BCUT2D eigenvalue weighted by Gasteiger charge is -2.23. The molecule has 2 aromatic rings. The first-order valence-corrected chi connectivity index (χ1v) is 6.87. The number of halogens is 2. The van der Waals surface area contributed by atoms with Gasteiger partial charge in [0.05, 0.1) is 6.33 Å². The summed E-state index contributed by atoms with van der Waals surface area (Å²) in [5.74, 6) is 1.19. The first-order chi connectivity index (χ1) is 8.85. The van der Waals surface area contributed by atoms with Gasteiger partial charge in [0.15, 0.2) is 0 Å². The second-order valence-electron chi connectivity index (χ2n) is 3.85. The van der Waals surface area contributed by atoms with E-state index in [9.17, 15) is 0 Å². The minimum atomic E-state index is 0.597. The highest BCUT2D eigenvalue weighted by Gasteiger charge is 2.05. The molecule has 1 heterocycles. The molecular weight excluding hydrogens is 269 g/mol. The predicted molar refractivity (Wildman–Crippen MR) is 77.2 cm³/mol. The summed E-state index contributed by atoms with van der Waals surface area (Å²) in [5.41, 5.74) is 2.23. The molecule has 1 aromatic heterocycles. The van der Waals surface area contributed by atoms with Gasteiger partial charge in [0.1, 0.15) is 0 Å². The summed E-state index contributed by atoms with van der Waals surface area (Å²) >= 11 is 11.6. The molecule has 0 atom stereocenters. The van der Waals surface area contributed by atoms with Crippen LogP contribution in [0, 0.1) is 0 Å². The smallest absolute Gasteiger partial charge is 0.0991 e. The van der Waals surface area contributed by atoms with Gasteiger partial charge in [0, 0.05) is 48.6 Å². The third-order valence-corrected chi connectivity index (χ3v) is 3.06. The number of imidazole rings is 1. The average Bonchev–Trinajstić information content (AvgIpc) is 2.93. The molecule has 0 aliphatic heterocycles. The highest BCUT2D eigenvalue weighted by molar-refractivity contribution is 6.18. The van der Waals surface area contributed by atoms with Crippen molar-refractivity contribution in [2.75, 3.05) is 29.7 Å². The monoisotopic (exact) mass is 283 g/mol. The van der Waals surface area contributed by atoms with Gasteiger partial charge in [-0.15, -0.1) is 23.2 Å². The SMILES string of the molecule is ClCCN(CCCl)c1ccc(-n2ccnc2)cc1. The molecule has 0 aliphatic rings. The standard InChI is InChI=1S/C13H15Cl2N3/c14-5-8-17(9-6-15)12-1-3-13(4-2-12)18-10-7-16-11-18/h1-4,7,10-11H,5-6,8-9H2. The molecule has 0 N–H and O–H groups in total. The van der Waals surface area contributed by atoms with Crippen molar-refractivity contribution in [3.05, 3.63) is 43.0 Å². The molecule has 5 heteroatoms. The zero-order valence-corrected chi connectivity index (χ0v) is 11.5. The molecule has 3 nitrogen and oxygen atoms in total. The van der Waals surface area contributed by atoms with Crippen LogP contribution in [0.4, 0.5) is 5.69 Å². The summed E-state index contributed by atoms with van der Waals surface area (Å²) in [6.45, 7) is 1.61. The Bertz CT molecular complexity index is 448. The molecule has 0 saturated carbocycles. The van der Waals surface area contributed by atoms with E-state index in [0.717, 1.165) is 24.5 Å². The Labute approximate surface area is 117 Å². The number of rotatable bonds is 6. The molecule has 2 rings (SSSR count). The Morgan fingerprint density at radius 1 is 1.06 bits per heavy atom. The lowest BCUT2D eigenvalue weighted by molar-refractivity contribution is 0.873. The van der Waals surface area contributed by atoms with Crippen LogP contribution < -0.4 is 4.90 Å². The van der Waals surface area contributed by atoms with Crippen LogP contribution >= 0.6 is 23.2 Å². The fraction of sp³-hybridized carbons (Fsp3) is 0.308. The van der Waals surface area contributed by atoms with Crippen molar-refractivity contribution in [3.63, 3.8) is 0 Å². The zero-order valence-electron chi connectivity index (χ0n) is 9.97. The normalized spacial score (nSPS) is 10.6. The number of benzene rings is 1. The molecule has 0 bridgehead atoms. The van der Waals surface area contributed by atoms with Crippen molar-refractivity contribution in [1.82, 2.24) is 9.55 Å². The maximum Gasteiger partial charge on any atom is 0.0991 e. The Kier molecular flexibility index (Phi) is 4.90. The Morgan fingerprint density at radius 2 is 1.72 bits per heavy atom. The molecule has 0 radical (unpaired) electrons. The van der Waals surface area contributed by atoms with Crippen LogP contribution in [-0.4, -0.2) is 34.4 Å². The molecule has 0 spiro atoms. The Balaban J connectivity index is 2.15. The molecule has 0 saturated heterocycles. The largest absolute Gasteiger partial charge is 0.369 e. The summed E-state index contributed by atoms with van der Waals surface area (Å²) in [6.07, 6.45) is 5.47. The molecule has 0 amide bonds. The first-order valence-electron chi connectivity index (χ1n) is 5.80. The number of aromatic nitrogens is 2. The van der Waals surface area contributed by atoms with Gasteiger partial charge in [0.2, 0.25) is 0 Å². The van der Waals surface area contributed by atoms with Gasteiger partial charge in [0.25, 0.3) is 0 Å². The molecule has 0 fully saturated rings. The van der Waals surface area contributed by atoms with Crippen molar-refractivity contribution in [2.45, 2.75) is 0 Å². The van der Waals surface area contributed by atoms with E-state index in [4.69, 9.17) is 23.2 Å². The fourth-order valence-electron chi connectivity index (χ4n) is 1.82. The van der Waals surface area contributed by atoms with Gasteiger partial charge >= 0.3 is 0 Å². The minimum Gasteiger partial charge on any atom is -0.369 e. The van der Waals surface area contributed by atoms with Crippen LogP contribution in [0.1, 0.15) is 0 Å². The zero-order chi connectivity index (χ0) is 12.8. The van der Waals surface area contributed by atoms with Crippen LogP contribution in [0.15, 0.2) is 43.0 Å². The van der Waals surface area contributed by atoms with Crippen molar-refractivity contribution < 1.29 is 0 Å². The Morgan fingerprint density at radius 3 is 2.22 bits per heavy atom. The Hall–Kier alpha value is -1.19. The number of hydrogen-bond donors (Lipinski definition) is 0. The van der Waals surface area contributed by atoms with Gasteiger partial charge in [-0.1, -0.05) is 0 Å². The van der Waals surface area contributed by atoms with Gasteiger partial charge in [-0.2, -0.15) is 0 Å². The third-order valence-electron chi connectivity index (χ3n) is 2.73. The van der Waals surface area contributed by atoms with E-state index < -0.39 is 0 Å². The van der Waals surface area contributed by atoms with Crippen LogP contribution in [0.2, 0.25) is 0 Å². The quantitative estimate of drug-likeness (QED) is 0.760. The molecule has 0 unspecified atom stereocenters. The lowest BCUT2D eigenvalue weighted by Crippen LogP contribution is -2.27. The summed E-state index contributed by atoms with van der Waals surface area (Å²) in [5, 5.41) is 0. The van der Waals surface area contributed by atoms with E-state index in [-0.39, 0.29) is 0 Å². The first kappa shape index (κ1) is 13.2. The van der Waals surface area contributed by atoms with Crippen molar-refractivity contribution in [3.8, 4) is 5.69 Å². The molecule has 18 heavy (non-hydrogen) atoms. The predicted octanol–water partition coefficient (Wildman–Crippen LogP) is 3.16. The molecular formula is C13H15Cl2N3. The van der Waals surface area contributed by atoms with E-state index in [1.165, 1.54) is 0 Å². The van der Waals surface area contributed by atoms with Gasteiger partial charge in [-0.05, 0) is 24.3 Å². The van der Waals surface area contributed by atoms with Crippen molar-refractivity contribution in [1.29, 1.82) is 0 Å². The summed E-state index contributed by atoms with van der Waals surface area (Å²) in [4.78, 5) is 6.21.